The third-order valence-corrected chi connectivity index (χ3v) is 6.57. The van der Waals surface area contributed by atoms with Crippen LogP contribution in [0.15, 0.2) is 48.5 Å². The number of carbonyl (C=O) groups excluding carboxylic acids is 1. The molecule has 2 saturated heterocycles. The van der Waals surface area contributed by atoms with Gasteiger partial charge in [-0.2, -0.15) is 26.3 Å². The van der Waals surface area contributed by atoms with Gasteiger partial charge in [-0.25, -0.2) is 0 Å². The smallest absolute Gasteiger partial charge is 0.349 e. The van der Waals surface area contributed by atoms with Gasteiger partial charge in [0.1, 0.15) is 0 Å². The SMILES string of the molecule is O=C(NC1CC2CCC(C1)N2CCc1ccccc1)c1cc(C(F)(F)F)cc(C(F)(F)F)c1. The fourth-order valence-electron chi connectivity index (χ4n) is 5.01. The molecule has 9 heteroatoms. The quantitative estimate of drug-likeness (QED) is 0.570. The highest BCUT2D eigenvalue weighted by atomic mass is 19.4. The molecule has 0 aliphatic carbocycles. The van der Waals surface area contributed by atoms with Gasteiger partial charge in [-0.05, 0) is 55.9 Å². The topological polar surface area (TPSA) is 32.3 Å². The Morgan fingerprint density at radius 1 is 0.879 bits per heavy atom. The number of nitrogens with one attached hydrogen (secondary N) is 1. The molecule has 1 amide bonds. The maximum absolute atomic E-state index is 13.1. The van der Waals surface area contributed by atoms with Crippen LogP contribution in [0.4, 0.5) is 26.3 Å². The molecule has 33 heavy (non-hydrogen) atoms. The number of nitrogens with zero attached hydrogens (tertiary/aromatic N) is 1. The molecular formula is C24H24F6N2O. The number of rotatable bonds is 5. The van der Waals surface area contributed by atoms with Crippen LogP contribution < -0.4 is 5.32 Å². The number of halogens is 6. The molecule has 2 aliphatic heterocycles. The van der Waals surface area contributed by atoms with Gasteiger partial charge in [0, 0.05) is 30.2 Å². The summed E-state index contributed by atoms with van der Waals surface area (Å²) in [5, 5.41) is 2.69. The lowest BCUT2D eigenvalue weighted by Crippen LogP contribution is -2.50. The van der Waals surface area contributed by atoms with Crippen molar-refractivity contribution >= 4 is 5.91 Å². The van der Waals surface area contributed by atoms with Crippen molar-refractivity contribution in [3.05, 3.63) is 70.8 Å². The summed E-state index contributed by atoms with van der Waals surface area (Å²) in [6, 6.07) is 11.3. The van der Waals surface area contributed by atoms with Crippen molar-refractivity contribution in [3.8, 4) is 0 Å². The van der Waals surface area contributed by atoms with Crippen LogP contribution in [0.2, 0.25) is 0 Å². The largest absolute Gasteiger partial charge is 0.416 e. The summed E-state index contributed by atoms with van der Waals surface area (Å²) in [5.74, 6) is -0.909. The van der Waals surface area contributed by atoms with E-state index in [2.05, 4.69) is 22.3 Å². The van der Waals surface area contributed by atoms with E-state index in [0.717, 1.165) is 25.8 Å². The molecule has 2 aliphatic rings. The number of benzene rings is 2. The van der Waals surface area contributed by atoms with E-state index in [0.29, 0.717) is 25.0 Å². The average molecular weight is 470 g/mol. The summed E-state index contributed by atoms with van der Waals surface area (Å²) in [7, 11) is 0. The molecule has 2 atom stereocenters. The van der Waals surface area contributed by atoms with Crippen LogP contribution in [-0.4, -0.2) is 35.5 Å². The van der Waals surface area contributed by atoms with E-state index in [1.165, 1.54) is 5.56 Å². The number of piperidine rings is 1. The minimum Gasteiger partial charge on any atom is -0.349 e. The van der Waals surface area contributed by atoms with Crippen LogP contribution in [0.3, 0.4) is 0 Å². The van der Waals surface area contributed by atoms with Gasteiger partial charge in [0.05, 0.1) is 11.1 Å². The molecule has 2 heterocycles. The Hall–Kier alpha value is -2.55. The number of alkyl halides is 6. The van der Waals surface area contributed by atoms with E-state index in [1.54, 1.807) is 0 Å². The number of hydrogen-bond acceptors (Lipinski definition) is 2. The van der Waals surface area contributed by atoms with Gasteiger partial charge < -0.3 is 5.32 Å². The van der Waals surface area contributed by atoms with E-state index >= 15 is 0 Å². The Morgan fingerprint density at radius 2 is 1.42 bits per heavy atom. The predicted molar refractivity (Wildman–Crippen MR) is 111 cm³/mol. The lowest BCUT2D eigenvalue weighted by molar-refractivity contribution is -0.143. The highest BCUT2D eigenvalue weighted by molar-refractivity contribution is 5.94. The van der Waals surface area contributed by atoms with Gasteiger partial charge in [-0.1, -0.05) is 30.3 Å². The van der Waals surface area contributed by atoms with Crippen LogP contribution in [0.25, 0.3) is 0 Å². The molecule has 3 nitrogen and oxygen atoms in total. The Bertz CT molecular complexity index is 942. The second kappa shape index (κ2) is 9.00. The molecule has 2 aromatic rings. The lowest BCUT2D eigenvalue weighted by Gasteiger charge is -2.39. The standard InChI is InChI=1S/C24H24F6N2O/c25-23(26,27)17-10-16(11-18(12-17)24(28,29)30)22(33)31-19-13-20-6-7-21(14-19)32(20)9-8-15-4-2-1-3-5-15/h1-5,10-12,19-21H,6-9,13-14H2,(H,31,33). The number of carbonyl (C=O) groups is 1. The number of amides is 1. The highest BCUT2D eigenvalue weighted by Gasteiger charge is 2.41. The minimum absolute atomic E-state index is 0.0300. The molecule has 2 bridgehead atoms. The van der Waals surface area contributed by atoms with Crippen LogP contribution in [0, 0.1) is 0 Å². The molecule has 0 aromatic heterocycles. The minimum atomic E-state index is -4.99. The lowest BCUT2D eigenvalue weighted by atomic mass is 9.96. The predicted octanol–water partition coefficient (Wildman–Crippen LogP) is 5.69. The van der Waals surface area contributed by atoms with Crippen molar-refractivity contribution in [2.24, 2.45) is 0 Å². The maximum atomic E-state index is 13.1. The fraction of sp³-hybridized carbons (Fsp3) is 0.458. The first kappa shape index (κ1) is 23.6. The van der Waals surface area contributed by atoms with Crippen molar-refractivity contribution in [1.29, 1.82) is 0 Å². The summed E-state index contributed by atoms with van der Waals surface area (Å²) in [6.45, 7) is 0.878. The second-order valence-corrected chi connectivity index (χ2v) is 8.79. The van der Waals surface area contributed by atoms with Crippen molar-refractivity contribution in [1.82, 2.24) is 10.2 Å². The summed E-state index contributed by atoms with van der Waals surface area (Å²) in [6.07, 6.45) is -5.89. The monoisotopic (exact) mass is 470 g/mol. The third-order valence-electron chi connectivity index (χ3n) is 6.57. The maximum Gasteiger partial charge on any atom is 0.416 e. The Balaban J connectivity index is 1.43. The molecule has 2 fully saturated rings. The Morgan fingerprint density at radius 3 is 1.94 bits per heavy atom. The first-order valence-electron chi connectivity index (χ1n) is 10.9. The van der Waals surface area contributed by atoms with Crippen LogP contribution in [-0.2, 0) is 18.8 Å². The van der Waals surface area contributed by atoms with Gasteiger partial charge in [-0.3, -0.25) is 9.69 Å². The summed E-state index contributed by atoms with van der Waals surface area (Å²) in [5.41, 5.74) is -2.37. The van der Waals surface area contributed by atoms with Crippen molar-refractivity contribution in [3.63, 3.8) is 0 Å². The van der Waals surface area contributed by atoms with Gasteiger partial charge in [0.15, 0.2) is 0 Å². The zero-order valence-electron chi connectivity index (χ0n) is 17.7. The molecule has 1 N–H and O–H groups in total. The second-order valence-electron chi connectivity index (χ2n) is 8.79. The zero-order chi connectivity index (χ0) is 23.8. The highest BCUT2D eigenvalue weighted by Crippen LogP contribution is 2.38. The van der Waals surface area contributed by atoms with E-state index < -0.39 is 35.0 Å². The van der Waals surface area contributed by atoms with Gasteiger partial charge in [-0.15, -0.1) is 0 Å². The van der Waals surface area contributed by atoms with Crippen molar-refractivity contribution in [2.45, 2.75) is 62.6 Å². The van der Waals surface area contributed by atoms with E-state index in [1.807, 2.05) is 18.2 Å². The molecule has 0 spiro atoms. The van der Waals surface area contributed by atoms with Gasteiger partial charge in [0.25, 0.3) is 5.91 Å². The number of fused-ring (bicyclic) bond motifs is 2. The first-order valence-corrected chi connectivity index (χ1v) is 10.9. The van der Waals surface area contributed by atoms with E-state index in [-0.39, 0.29) is 24.2 Å². The Kier molecular flexibility index (Phi) is 6.44. The fourth-order valence-corrected chi connectivity index (χ4v) is 5.01. The number of hydrogen-bond donors (Lipinski definition) is 1. The molecule has 0 radical (unpaired) electrons. The molecule has 0 saturated carbocycles. The first-order chi connectivity index (χ1) is 15.5. The summed E-state index contributed by atoms with van der Waals surface area (Å²) < 4.78 is 78.6. The third kappa shape index (κ3) is 5.51. The Labute approximate surface area is 187 Å². The van der Waals surface area contributed by atoms with Crippen LogP contribution >= 0.6 is 0 Å². The van der Waals surface area contributed by atoms with E-state index in [4.69, 9.17) is 0 Å². The van der Waals surface area contributed by atoms with Crippen LogP contribution in [0.5, 0.6) is 0 Å². The zero-order valence-corrected chi connectivity index (χ0v) is 17.7. The molecule has 2 aromatic carbocycles. The van der Waals surface area contributed by atoms with Crippen molar-refractivity contribution < 1.29 is 31.1 Å². The summed E-state index contributed by atoms with van der Waals surface area (Å²) >= 11 is 0. The van der Waals surface area contributed by atoms with Gasteiger partial charge in [0.2, 0.25) is 0 Å². The summed E-state index contributed by atoms with van der Waals surface area (Å²) in [4.78, 5) is 15.1. The molecule has 2 unspecified atom stereocenters. The molecule has 178 valence electrons. The molecular weight excluding hydrogens is 446 g/mol. The van der Waals surface area contributed by atoms with Crippen molar-refractivity contribution in [2.75, 3.05) is 6.54 Å². The van der Waals surface area contributed by atoms with E-state index in [9.17, 15) is 31.1 Å². The normalized spacial score (nSPS) is 23.5. The van der Waals surface area contributed by atoms with Crippen LogP contribution in [0.1, 0.15) is 52.7 Å². The van der Waals surface area contributed by atoms with Gasteiger partial charge >= 0.3 is 12.4 Å². The molecule has 4 rings (SSSR count). The average Bonchev–Trinajstić information content (AvgIpc) is 2.99.